The van der Waals surface area contributed by atoms with E-state index in [0.29, 0.717) is 6.04 Å². The van der Waals surface area contributed by atoms with Gasteiger partial charge in [-0.1, -0.05) is 6.92 Å². The summed E-state index contributed by atoms with van der Waals surface area (Å²) in [4.78, 5) is 2.59. The first kappa shape index (κ1) is 11.4. The molecule has 2 heterocycles. The fraction of sp³-hybridized carbons (Fsp3) is 1.00. The Morgan fingerprint density at radius 3 is 3.07 bits per heavy atom. The van der Waals surface area contributed by atoms with Gasteiger partial charge in [0.15, 0.2) is 0 Å². The molecule has 0 aromatic rings. The third kappa shape index (κ3) is 3.74. The number of hydrogen-bond acceptors (Lipinski definition) is 3. The molecule has 0 radical (unpaired) electrons. The van der Waals surface area contributed by atoms with E-state index in [1.165, 1.54) is 38.9 Å². The molecule has 0 spiro atoms. The zero-order valence-corrected chi connectivity index (χ0v) is 9.87. The molecule has 88 valence electrons. The lowest BCUT2D eigenvalue weighted by atomic mass is 10.0. The first-order valence-electron chi connectivity index (χ1n) is 6.38. The number of nitrogens with one attached hydrogen (secondary N) is 1. The summed E-state index contributed by atoms with van der Waals surface area (Å²) in [5.41, 5.74) is 0. The van der Waals surface area contributed by atoms with Crippen molar-refractivity contribution >= 4 is 0 Å². The number of rotatable bonds is 4. The summed E-state index contributed by atoms with van der Waals surface area (Å²) < 4.78 is 5.34. The third-order valence-electron chi connectivity index (χ3n) is 3.53. The van der Waals surface area contributed by atoms with Crippen molar-refractivity contribution in [2.45, 2.75) is 32.2 Å². The zero-order chi connectivity index (χ0) is 10.5. The van der Waals surface area contributed by atoms with Gasteiger partial charge in [-0.25, -0.2) is 0 Å². The van der Waals surface area contributed by atoms with Gasteiger partial charge in [-0.15, -0.1) is 0 Å². The lowest BCUT2D eigenvalue weighted by molar-refractivity contribution is 0.175. The average molecular weight is 212 g/mol. The molecule has 2 atom stereocenters. The monoisotopic (exact) mass is 212 g/mol. The third-order valence-corrected chi connectivity index (χ3v) is 3.53. The quantitative estimate of drug-likeness (QED) is 0.755. The standard InChI is InChI=1S/C12H24N2O/c1-11-3-2-6-14(9-11)7-5-13-12-4-8-15-10-12/h11-13H,2-10H2,1H3. The molecular formula is C12H24N2O. The van der Waals surface area contributed by atoms with Crippen molar-refractivity contribution in [1.82, 2.24) is 10.2 Å². The molecule has 2 saturated heterocycles. The largest absolute Gasteiger partial charge is 0.380 e. The summed E-state index contributed by atoms with van der Waals surface area (Å²) in [6, 6.07) is 0.618. The molecule has 3 heteroatoms. The van der Waals surface area contributed by atoms with Gasteiger partial charge in [-0.3, -0.25) is 0 Å². The molecule has 0 aromatic heterocycles. The Kier molecular flexibility index (Phi) is 4.42. The molecular weight excluding hydrogens is 188 g/mol. The lowest BCUT2D eigenvalue weighted by Crippen LogP contribution is -2.41. The van der Waals surface area contributed by atoms with Crippen LogP contribution in [0.25, 0.3) is 0 Å². The molecule has 0 bridgehead atoms. The first-order valence-corrected chi connectivity index (χ1v) is 6.38. The van der Waals surface area contributed by atoms with Crippen LogP contribution < -0.4 is 5.32 Å². The lowest BCUT2D eigenvalue weighted by Gasteiger charge is -2.31. The molecule has 2 unspecified atom stereocenters. The second-order valence-electron chi connectivity index (χ2n) is 5.06. The summed E-state index contributed by atoms with van der Waals surface area (Å²) in [5.74, 6) is 0.897. The molecule has 3 nitrogen and oxygen atoms in total. The molecule has 2 aliphatic heterocycles. The molecule has 0 saturated carbocycles. The predicted octanol–water partition coefficient (Wildman–Crippen LogP) is 1.10. The van der Waals surface area contributed by atoms with Gasteiger partial charge in [-0.05, 0) is 31.7 Å². The van der Waals surface area contributed by atoms with E-state index < -0.39 is 0 Å². The van der Waals surface area contributed by atoms with E-state index in [0.717, 1.165) is 25.7 Å². The number of ether oxygens (including phenoxy) is 1. The van der Waals surface area contributed by atoms with Crippen molar-refractivity contribution < 1.29 is 4.74 Å². The summed E-state index contributed by atoms with van der Waals surface area (Å²) in [6.07, 6.45) is 3.99. The van der Waals surface area contributed by atoms with Crippen LogP contribution in [0.3, 0.4) is 0 Å². The van der Waals surface area contributed by atoms with Crippen LogP contribution in [-0.4, -0.2) is 50.3 Å². The van der Waals surface area contributed by atoms with Crippen molar-refractivity contribution in [3.8, 4) is 0 Å². The van der Waals surface area contributed by atoms with E-state index in [4.69, 9.17) is 4.74 Å². The Bertz CT molecular complexity index is 180. The van der Waals surface area contributed by atoms with E-state index in [1.54, 1.807) is 0 Å². The number of nitrogens with zero attached hydrogens (tertiary/aromatic N) is 1. The maximum Gasteiger partial charge on any atom is 0.0620 e. The minimum Gasteiger partial charge on any atom is -0.380 e. The van der Waals surface area contributed by atoms with Crippen LogP contribution in [-0.2, 0) is 4.74 Å². The van der Waals surface area contributed by atoms with Crippen molar-refractivity contribution in [2.75, 3.05) is 39.4 Å². The Morgan fingerprint density at radius 1 is 1.40 bits per heavy atom. The van der Waals surface area contributed by atoms with Crippen molar-refractivity contribution in [2.24, 2.45) is 5.92 Å². The summed E-state index contributed by atoms with van der Waals surface area (Å²) >= 11 is 0. The number of likely N-dealkylation sites (tertiary alicyclic amines) is 1. The SMILES string of the molecule is CC1CCCN(CCNC2CCOC2)C1. The fourth-order valence-corrected chi connectivity index (χ4v) is 2.61. The smallest absolute Gasteiger partial charge is 0.0620 e. The number of hydrogen-bond donors (Lipinski definition) is 1. The summed E-state index contributed by atoms with van der Waals surface area (Å²) in [7, 11) is 0. The Labute approximate surface area is 93.2 Å². The fourth-order valence-electron chi connectivity index (χ4n) is 2.61. The van der Waals surface area contributed by atoms with Crippen LogP contribution in [0.1, 0.15) is 26.2 Å². The predicted molar refractivity (Wildman–Crippen MR) is 62.1 cm³/mol. The van der Waals surface area contributed by atoms with Crippen LogP contribution in [0.5, 0.6) is 0 Å². The highest BCUT2D eigenvalue weighted by molar-refractivity contribution is 4.74. The van der Waals surface area contributed by atoms with Gasteiger partial charge in [0.25, 0.3) is 0 Å². The second-order valence-corrected chi connectivity index (χ2v) is 5.06. The molecule has 0 aliphatic carbocycles. The van der Waals surface area contributed by atoms with E-state index in [9.17, 15) is 0 Å². The van der Waals surface area contributed by atoms with Crippen molar-refractivity contribution in [1.29, 1.82) is 0 Å². The maximum atomic E-state index is 5.34. The Morgan fingerprint density at radius 2 is 2.33 bits per heavy atom. The highest BCUT2D eigenvalue weighted by Gasteiger charge is 2.17. The zero-order valence-electron chi connectivity index (χ0n) is 9.87. The van der Waals surface area contributed by atoms with Crippen molar-refractivity contribution in [3.63, 3.8) is 0 Å². The molecule has 1 N–H and O–H groups in total. The van der Waals surface area contributed by atoms with Gasteiger partial charge in [0.1, 0.15) is 0 Å². The van der Waals surface area contributed by atoms with Gasteiger partial charge in [0.2, 0.25) is 0 Å². The van der Waals surface area contributed by atoms with Gasteiger partial charge in [0.05, 0.1) is 6.61 Å². The van der Waals surface area contributed by atoms with Crippen LogP contribution in [0.4, 0.5) is 0 Å². The molecule has 0 aromatic carbocycles. The van der Waals surface area contributed by atoms with E-state index in [-0.39, 0.29) is 0 Å². The van der Waals surface area contributed by atoms with Gasteiger partial charge in [0, 0.05) is 32.3 Å². The Balaban J connectivity index is 1.56. The molecule has 0 amide bonds. The summed E-state index contributed by atoms with van der Waals surface area (Å²) in [5, 5.41) is 3.58. The summed E-state index contributed by atoms with van der Waals surface area (Å²) in [6.45, 7) is 9.15. The van der Waals surface area contributed by atoms with Gasteiger partial charge >= 0.3 is 0 Å². The van der Waals surface area contributed by atoms with Crippen LogP contribution in [0, 0.1) is 5.92 Å². The minimum absolute atomic E-state index is 0.618. The maximum absolute atomic E-state index is 5.34. The van der Waals surface area contributed by atoms with E-state index in [2.05, 4.69) is 17.1 Å². The van der Waals surface area contributed by atoms with Crippen LogP contribution in [0.15, 0.2) is 0 Å². The highest BCUT2D eigenvalue weighted by atomic mass is 16.5. The molecule has 2 aliphatic rings. The topological polar surface area (TPSA) is 24.5 Å². The first-order chi connectivity index (χ1) is 7.34. The minimum atomic E-state index is 0.618. The normalized spacial score (nSPS) is 33.4. The van der Waals surface area contributed by atoms with E-state index in [1.807, 2.05) is 0 Å². The van der Waals surface area contributed by atoms with E-state index >= 15 is 0 Å². The number of piperidine rings is 1. The highest BCUT2D eigenvalue weighted by Crippen LogP contribution is 2.14. The molecule has 15 heavy (non-hydrogen) atoms. The van der Waals surface area contributed by atoms with Gasteiger partial charge < -0.3 is 15.0 Å². The van der Waals surface area contributed by atoms with Crippen molar-refractivity contribution in [3.05, 3.63) is 0 Å². The average Bonchev–Trinajstić information content (AvgIpc) is 2.71. The van der Waals surface area contributed by atoms with Crippen LogP contribution in [0.2, 0.25) is 0 Å². The van der Waals surface area contributed by atoms with Crippen LogP contribution >= 0.6 is 0 Å². The molecule has 2 fully saturated rings. The Hall–Kier alpha value is -0.120. The van der Waals surface area contributed by atoms with Gasteiger partial charge in [-0.2, -0.15) is 0 Å². The molecule has 2 rings (SSSR count). The second kappa shape index (κ2) is 5.83.